The first-order valence-electron chi connectivity index (χ1n) is 4.68. The molecule has 0 unspecified atom stereocenters. The molecule has 0 saturated carbocycles. The smallest absolute Gasteiger partial charge is 0.492 e. The molecule has 0 amide bonds. The van der Waals surface area contributed by atoms with Gasteiger partial charge in [0.2, 0.25) is 0 Å². The van der Waals surface area contributed by atoms with E-state index in [0.717, 1.165) is 12.1 Å². The van der Waals surface area contributed by atoms with E-state index < -0.39 is 24.0 Å². The first-order chi connectivity index (χ1) is 7.45. The van der Waals surface area contributed by atoms with E-state index in [-0.39, 0.29) is 58.0 Å². The van der Waals surface area contributed by atoms with Crippen LogP contribution in [0.25, 0.3) is 0 Å². The molecule has 7 heteroatoms. The molecule has 0 N–H and O–H groups in total. The first-order valence-corrected chi connectivity index (χ1v) is 4.68. The van der Waals surface area contributed by atoms with E-state index in [0.29, 0.717) is 6.07 Å². The molecule has 0 bridgehead atoms. The first kappa shape index (κ1) is 17.2. The molecular formula is C10H10BF4KO. The minimum absolute atomic E-state index is 0. The molecule has 0 fully saturated rings. The predicted molar refractivity (Wildman–Crippen MR) is 55.4 cm³/mol. The standard InChI is InChI=1S/C10H10BF4O.K/c1-2-3-6-16-10-7-8(12)4-5-9(10)11(13,14)15;/h2-5,7H,6H2,1H3;/q-1;+1/b3-2+;. The van der Waals surface area contributed by atoms with Gasteiger partial charge in [-0.15, -0.1) is 0 Å². The van der Waals surface area contributed by atoms with Crippen molar-refractivity contribution < 1.29 is 73.5 Å². The van der Waals surface area contributed by atoms with Crippen LogP contribution in [0.4, 0.5) is 17.3 Å². The largest absolute Gasteiger partial charge is 1.00 e. The van der Waals surface area contributed by atoms with E-state index in [1.165, 1.54) is 6.08 Å². The fourth-order valence-corrected chi connectivity index (χ4v) is 1.14. The zero-order chi connectivity index (χ0) is 12.2. The fraction of sp³-hybridized carbons (Fsp3) is 0.200. The molecular weight excluding hydrogens is 262 g/mol. The van der Waals surface area contributed by atoms with Gasteiger partial charge in [-0.25, -0.2) is 4.39 Å². The van der Waals surface area contributed by atoms with Crippen LogP contribution in [0.2, 0.25) is 0 Å². The summed E-state index contributed by atoms with van der Waals surface area (Å²) in [5.74, 6) is -1.22. The molecule has 0 saturated heterocycles. The second-order valence-electron chi connectivity index (χ2n) is 3.14. The number of benzene rings is 1. The summed E-state index contributed by atoms with van der Waals surface area (Å²) in [6.07, 6.45) is 3.18. The molecule has 1 nitrogen and oxygen atoms in total. The number of hydrogen-bond acceptors (Lipinski definition) is 1. The SMILES string of the molecule is C/C=C/COc1cc(F)ccc1[B-](F)(F)F.[K+]. The van der Waals surface area contributed by atoms with Crippen molar-refractivity contribution in [2.24, 2.45) is 0 Å². The van der Waals surface area contributed by atoms with Crippen molar-refractivity contribution in [1.29, 1.82) is 0 Å². The summed E-state index contributed by atoms with van der Waals surface area (Å²) in [5.41, 5.74) is -0.911. The van der Waals surface area contributed by atoms with Gasteiger partial charge in [-0.3, -0.25) is 0 Å². The molecule has 17 heavy (non-hydrogen) atoms. The van der Waals surface area contributed by atoms with Gasteiger partial charge >= 0.3 is 58.4 Å². The van der Waals surface area contributed by atoms with Crippen LogP contribution >= 0.6 is 0 Å². The average molecular weight is 272 g/mol. The topological polar surface area (TPSA) is 9.23 Å². The molecule has 0 aromatic heterocycles. The van der Waals surface area contributed by atoms with Gasteiger partial charge in [0.05, 0.1) is 5.75 Å². The minimum Gasteiger partial charge on any atom is -0.492 e. The van der Waals surface area contributed by atoms with Crippen LogP contribution in [0.15, 0.2) is 30.4 Å². The van der Waals surface area contributed by atoms with Gasteiger partial charge in [0.15, 0.2) is 0 Å². The number of rotatable bonds is 4. The van der Waals surface area contributed by atoms with Crippen LogP contribution in [-0.4, -0.2) is 13.6 Å². The molecule has 0 radical (unpaired) electrons. The van der Waals surface area contributed by atoms with E-state index in [9.17, 15) is 17.3 Å². The Morgan fingerprint density at radius 1 is 1.29 bits per heavy atom. The average Bonchev–Trinajstić information content (AvgIpc) is 2.16. The van der Waals surface area contributed by atoms with Gasteiger partial charge in [-0.1, -0.05) is 23.7 Å². The maximum absolute atomic E-state index is 12.8. The summed E-state index contributed by atoms with van der Waals surface area (Å²) in [5, 5.41) is 0. The van der Waals surface area contributed by atoms with E-state index in [2.05, 4.69) is 0 Å². The molecule has 0 aliphatic heterocycles. The zero-order valence-electron chi connectivity index (χ0n) is 9.59. The number of allylic oxidation sites excluding steroid dienone is 1. The number of hydrogen-bond donors (Lipinski definition) is 0. The second-order valence-corrected chi connectivity index (χ2v) is 3.14. The molecule has 1 aromatic carbocycles. The number of halogens is 4. The maximum atomic E-state index is 12.8. The molecule has 1 rings (SSSR count). The maximum Gasteiger partial charge on any atom is 1.00 e. The molecule has 1 aromatic rings. The Balaban J connectivity index is 0.00000256. The number of ether oxygens (including phenoxy) is 1. The molecule has 0 aliphatic rings. The van der Waals surface area contributed by atoms with Crippen molar-refractivity contribution in [3.63, 3.8) is 0 Å². The Morgan fingerprint density at radius 2 is 1.94 bits per heavy atom. The third-order valence-electron chi connectivity index (χ3n) is 1.90. The summed E-state index contributed by atoms with van der Waals surface area (Å²) < 4.78 is 55.2. The summed E-state index contributed by atoms with van der Waals surface area (Å²) >= 11 is 0. The van der Waals surface area contributed by atoms with E-state index in [4.69, 9.17) is 4.74 Å². The molecule has 88 valence electrons. The molecule has 0 heterocycles. The van der Waals surface area contributed by atoms with E-state index in [1.807, 2.05) is 0 Å². The van der Waals surface area contributed by atoms with Gasteiger partial charge in [0.25, 0.3) is 0 Å². The Labute approximate surface area is 140 Å². The van der Waals surface area contributed by atoms with E-state index in [1.54, 1.807) is 13.0 Å². The van der Waals surface area contributed by atoms with Crippen LogP contribution in [0.5, 0.6) is 5.75 Å². The van der Waals surface area contributed by atoms with Crippen LogP contribution < -0.4 is 61.6 Å². The normalized spacial score (nSPS) is 11.4. The summed E-state index contributed by atoms with van der Waals surface area (Å²) in [6, 6.07) is 2.21. The van der Waals surface area contributed by atoms with Gasteiger partial charge in [-0.05, 0) is 13.0 Å². The Hall–Kier alpha value is 0.181. The third kappa shape index (κ3) is 5.57. The molecule has 0 aliphatic carbocycles. The van der Waals surface area contributed by atoms with Crippen molar-refractivity contribution in [3.8, 4) is 5.75 Å². The van der Waals surface area contributed by atoms with Crippen molar-refractivity contribution in [2.45, 2.75) is 6.92 Å². The summed E-state index contributed by atoms with van der Waals surface area (Å²) in [6.45, 7) is -3.49. The van der Waals surface area contributed by atoms with Crippen molar-refractivity contribution in [2.75, 3.05) is 6.61 Å². The van der Waals surface area contributed by atoms with Gasteiger partial charge in [0, 0.05) is 6.07 Å². The Bertz CT molecular complexity index is 392. The third-order valence-corrected chi connectivity index (χ3v) is 1.90. The fourth-order valence-electron chi connectivity index (χ4n) is 1.14. The quantitative estimate of drug-likeness (QED) is 0.420. The van der Waals surface area contributed by atoms with Crippen LogP contribution in [0.1, 0.15) is 6.92 Å². The van der Waals surface area contributed by atoms with E-state index >= 15 is 0 Å². The van der Waals surface area contributed by atoms with Crippen LogP contribution in [0.3, 0.4) is 0 Å². The van der Waals surface area contributed by atoms with Gasteiger partial charge in [-0.2, -0.15) is 0 Å². The molecule has 0 atom stereocenters. The van der Waals surface area contributed by atoms with Crippen LogP contribution in [-0.2, 0) is 0 Å². The van der Waals surface area contributed by atoms with Gasteiger partial charge < -0.3 is 17.7 Å². The van der Waals surface area contributed by atoms with Crippen molar-refractivity contribution >= 4 is 12.4 Å². The van der Waals surface area contributed by atoms with Crippen molar-refractivity contribution in [3.05, 3.63) is 36.2 Å². The van der Waals surface area contributed by atoms with Crippen LogP contribution in [0, 0.1) is 5.82 Å². The van der Waals surface area contributed by atoms with Crippen molar-refractivity contribution in [1.82, 2.24) is 0 Å². The Morgan fingerprint density at radius 3 is 2.47 bits per heavy atom. The Kier molecular flexibility index (Phi) is 7.66. The predicted octanol–water partition coefficient (Wildman–Crippen LogP) is -0.161. The monoisotopic (exact) mass is 272 g/mol. The second kappa shape index (κ2) is 7.58. The summed E-state index contributed by atoms with van der Waals surface area (Å²) in [4.78, 5) is 0. The zero-order valence-corrected chi connectivity index (χ0v) is 12.7. The minimum atomic E-state index is -5.19. The van der Waals surface area contributed by atoms with Gasteiger partial charge in [0.1, 0.15) is 12.4 Å². The molecule has 0 spiro atoms. The summed E-state index contributed by atoms with van der Waals surface area (Å²) in [7, 11) is 0.